The monoisotopic (exact) mass is 356 g/mol. The molecule has 2 aromatic carbocycles. The van der Waals surface area contributed by atoms with Gasteiger partial charge < -0.3 is 9.72 Å². The van der Waals surface area contributed by atoms with E-state index in [4.69, 9.17) is 0 Å². The number of benzene rings is 2. The average molecular weight is 357 g/mol. The Morgan fingerprint density at radius 1 is 1.10 bits per heavy atom. The number of H-pyrrole nitrogens is 1. The van der Waals surface area contributed by atoms with E-state index in [1.807, 2.05) is 24.3 Å². The van der Waals surface area contributed by atoms with E-state index in [1.165, 1.54) is 12.1 Å². The number of rotatable bonds is 2. The normalized spacial score (nSPS) is 11.8. The minimum absolute atomic E-state index is 0.222. The molecule has 0 bridgehead atoms. The zero-order chi connectivity index (χ0) is 15.0. The van der Waals surface area contributed by atoms with Crippen LogP contribution in [0.15, 0.2) is 46.9 Å². The molecular formula is C14H8BrF3N2O. The van der Waals surface area contributed by atoms with Crippen molar-refractivity contribution in [3.63, 3.8) is 0 Å². The molecule has 1 aromatic heterocycles. The highest BCUT2D eigenvalue weighted by Gasteiger charge is 2.32. The number of hydrogen-bond donors (Lipinski definition) is 1. The SMILES string of the molecule is FC(F)(F)Oc1cc(-c2nc3ccccc3[nH]2)ccc1Br. The topological polar surface area (TPSA) is 37.9 Å². The second-order valence-electron chi connectivity index (χ2n) is 4.30. The van der Waals surface area contributed by atoms with Gasteiger partial charge in [-0.2, -0.15) is 0 Å². The van der Waals surface area contributed by atoms with Crippen LogP contribution in [-0.4, -0.2) is 16.3 Å². The van der Waals surface area contributed by atoms with Gasteiger partial charge in [0.15, 0.2) is 0 Å². The Bertz CT molecular complexity index is 765. The molecule has 1 N–H and O–H groups in total. The summed E-state index contributed by atoms with van der Waals surface area (Å²) in [4.78, 5) is 7.40. The lowest BCUT2D eigenvalue weighted by Crippen LogP contribution is -2.17. The smallest absolute Gasteiger partial charge is 0.405 e. The van der Waals surface area contributed by atoms with Crippen molar-refractivity contribution in [2.24, 2.45) is 0 Å². The summed E-state index contributed by atoms with van der Waals surface area (Å²) in [7, 11) is 0. The van der Waals surface area contributed by atoms with Gasteiger partial charge in [-0.25, -0.2) is 4.98 Å². The number of halogens is 4. The maximum Gasteiger partial charge on any atom is 0.573 e. The number of nitrogens with one attached hydrogen (secondary N) is 1. The van der Waals surface area contributed by atoms with Crippen molar-refractivity contribution < 1.29 is 17.9 Å². The predicted octanol–water partition coefficient (Wildman–Crippen LogP) is 4.89. The van der Waals surface area contributed by atoms with Gasteiger partial charge in [0, 0.05) is 5.56 Å². The Labute approximate surface area is 125 Å². The van der Waals surface area contributed by atoms with Gasteiger partial charge in [0.2, 0.25) is 0 Å². The lowest BCUT2D eigenvalue weighted by molar-refractivity contribution is -0.274. The minimum atomic E-state index is -4.74. The van der Waals surface area contributed by atoms with Crippen LogP contribution in [0.1, 0.15) is 0 Å². The maximum absolute atomic E-state index is 12.4. The molecule has 3 aromatic rings. The Morgan fingerprint density at radius 2 is 1.86 bits per heavy atom. The summed E-state index contributed by atoms with van der Waals surface area (Å²) in [5.41, 5.74) is 2.07. The van der Waals surface area contributed by atoms with Gasteiger partial charge in [-0.1, -0.05) is 12.1 Å². The van der Waals surface area contributed by atoms with E-state index in [9.17, 15) is 13.2 Å². The van der Waals surface area contributed by atoms with E-state index < -0.39 is 6.36 Å². The molecule has 0 radical (unpaired) electrons. The molecule has 0 atom stereocenters. The fraction of sp³-hybridized carbons (Fsp3) is 0.0714. The first-order valence-corrected chi connectivity index (χ1v) is 6.72. The molecular weight excluding hydrogens is 349 g/mol. The molecule has 0 unspecified atom stereocenters. The molecule has 0 saturated carbocycles. The summed E-state index contributed by atoms with van der Waals surface area (Å²) in [6.45, 7) is 0. The highest BCUT2D eigenvalue weighted by molar-refractivity contribution is 9.10. The van der Waals surface area contributed by atoms with Crippen LogP contribution >= 0.6 is 15.9 Å². The van der Waals surface area contributed by atoms with Crippen molar-refractivity contribution in [2.75, 3.05) is 0 Å². The molecule has 0 spiro atoms. The average Bonchev–Trinajstić information content (AvgIpc) is 2.83. The molecule has 1 heterocycles. The lowest BCUT2D eigenvalue weighted by Gasteiger charge is -2.11. The van der Waals surface area contributed by atoms with Crippen LogP contribution in [-0.2, 0) is 0 Å². The van der Waals surface area contributed by atoms with Gasteiger partial charge in [-0.3, -0.25) is 0 Å². The van der Waals surface area contributed by atoms with Crippen molar-refractivity contribution in [1.29, 1.82) is 0 Å². The second-order valence-corrected chi connectivity index (χ2v) is 5.15. The van der Waals surface area contributed by atoms with Gasteiger partial charge in [-0.15, -0.1) is 13.2 Å². The molecule has 0 aliphatic heterocycles. The van der Waals surface area contributed by atoms with E-state index in [-0.39, 0.29) is 10.2 Å². The molecule has 7 heteroatoms. The molecule has 0 amide bonds. The molecule has 0 aliphatic carbocycles. The summed E-state index contributed by atoms with van der Waals surface area (Å²) in [5, 5.41) is 0. The van der Waals surface area contributed by atoms with Crippen molar-refractivity contribution in [3.8, 4) is 17.1 Å². The van der Waals surface area contributed by atoms with Crippen molar-refractivity contribution in [3.05, 3.63) is 46.9 Å². The number of nitrogens with zero attached hydrogens (tertiary/aromatic N) is 1. The molecule has 0 aliphatic rings. The Hall–Kier alpha value is -2.02. The number of ether oxygens (including phenoxy) is 1. The molecule has 108 valence electrons. The largest absolute Gasteiger partial charge is 0.573 e. The zero-order valence-electron chi connectivity index (χ0n) is 10.4. The fourth-order valence-corrected chi connectivity index (χ4v) is 2.27. The third kappa shape index (κ3) is 3.02. The zero-order valence-corrected chi connectivity index (χ0v) is 12.0. The number of aromatic nitrogens is 2. The van der Waals surface area contributed by atoms with Crippen LogP contribution in [0.2, 0.25) is 0 Å². The Kier molecular flexibility index (Phi) is 3.36. The van der Waals surface area contributed by atoms with E-state index in [0.717, 1.165) is 11.0 Å². The highest BCUT2D eigenvalue weighted by atomic mass is 79.9. The van der Waals surface area contributed by atoms with Gasteiger partial charge >= 0.3 is 6.36 Å². The van der Waals surface area contributed by atoms with Gasteiger partial charge in [0.25, 0.3) is 0 Å². The van der Waals surface area contributed by atoms with Gasteiger partial charge in [-0.05, 0) is 46.3 Å². The number of hydrogen-bond acceptors (Lipinski definition) is 2. The Balaban J connectivity index is 2.04. The van der Waals surface area contributed by atoms with Gasteiger partial charge in [0.05, 0.1) is 15.5 Å². The third-order valence-electron chi connectivity index (χ3n) is 2.82. The fourth-order valence-electron chi connectivity index (χ4n) is 1.94. The first-order chi connectivity index (χ1) is 9.92. The van der Waals surface area contributed by atoms with E-state index in [0.29, 0.717) is 11.4 Å². The summed E-state index contributed by atoms with van der Waals surface area (Å²) in [5.74, 6) is 0.177. The van der Waals surface area contributed by atoms with Crippen LogP contribution in [0.3, 0.4) is 0 Å². The van der Waals surface area contributed by atoms with E-state index in [1.54, 1.807) is 6.07 Å². The number of alkyl halides is 3. The van der Waals surface area contributed by atoms with Crippen LogP contribution in [0.4, 0.5) is 13.2 Å². The second kappa shape index (κ2) is 5.07. The first-order valence-electron chi connectivity index (χ1n) is 5.93. The van der Waals surface area contributed by atoms with Gasteiger partial charge in [0.1, 0.15) is 11.6 Å². The van der Waals surface area contributed by atoms with Crippen LogP contribution in [0, 0.1) is 0 Å². The molecule has 0 saturated heterocycles. The summed E-state index contributed by atoms with van der Waals surface area (Å²) in [6.07, 6.45) is -4.74. The van der Waals surface area contributed by atoms with Crippen molar-refractivity contribution in [1.82, 2.24) is 9.97 Å². The first kappa shape index (κ1) is 13.9. The maximum atomic E-state index is 12.4. The number of para-hydroxylation sites is 2. The van der Waals surface area contributed by atoms with Crippen LogP contribution < -0.4 is 4.74 Å². The summed E-state index contributed by atoms with van der Waals surface area (Å²) < 4.78 is 41.3. The standard InChI is InChI=1S/C14H8BrF3N2O/c15-9-6-5-8(7-12(9)21-14(16,17)18)13-19-10-3-1-2-4-11(10)20-13/h1-7H,(H,19,20). The van der Waals surface area contributed by atoms with Crippen LogP contribution in [0.25, 0.3) is 22.4 Å². The van der Waals surface area contributed by atoms with E-state index >= 15 is 0 Å². The van der Waals surface area contributed by atoms with Crippen LogP contribution in [0.5, 0.6) is 5.75 Å². The predicted molar refractivity (Wildman–Crippen MR) is 75.9 cm³/mol. The molecule has 3 nitrogen and oxygen atoms in total. The number of imidazole rings is 1. The molecule has 0 fully saturated rings. The third-order valence-corrected chi connectivity index (χ3v) is 3.47. The number of fused-ring (bicyclic) bond motifs is 1. The Morgan fingerprint density at radius 3 is 2.57 bits per heavy atom. The summed E-state index contributed by atoms with van der Waals surface area (Å²) >= 11 is 3.03. The van der Waals surface area contributed by atoms with E-state index in [2.05, 4.69) is 30.6 Å². The van der Waals surface area contributed by atoms with Crippen molar-refractivity contribution in [2.45, 2.75) is 6.36 Å². The summed E-state index contributed by atoms with van der Waals surface area (Å²) in [6, 6.07) is 11.8. The molecule has 3 rings (SSSR count). The lowest BCUT2D eigenvalue weighted by atomic mass is 10.2. The van der Waals surface area contributed by atoms with Crippen molar-refractivity contribution >= 4 is 27.0 Å². The number of aromatic amines is 1. The highest BCUT2D eigenvalue weighted by Crippen LogP contribution is 2.34. The molecule has 21 heavy (non-hydrogen) atoms. The quantitative estimate of drug-likeness (QED) is 0.709. The minimum Gasteiger partial charge on any atom is -0.405 e.